The van der Waals surface area contributed by atoms with E-state index >= 15 is 0 Å². The molecular formula is C19H34N4OS2. The molecule has 4 unspecified atom stereocenters. The molecule has 2 N–H and O–H groups in total. The van der Waals surface area contributed by atoms with Gasteiger partial charge in [0.05, 0.1) is 12.6 Å². The molecule has 1 aliphatic rings. The molecule has 0 aromatic carbocycles. The van der Waals surface area contributed by atoms with Gasteiger partial charge in [0.1, 0.15) is 0 Å². The van der Waals surface area contributed by atoms with Crippen LogP contribution in [0.2, 0.25) is 0 Å². The van der Waals surface area contributed by atoms with Crippen molar-refractivity contribution < 1.29 is 4.21 Å². The minimum atomic E-state index is -0.696. The number of rotatable bonds is 8. The van der Waals surface area contributed by atoms with Crippen LogP contribution in [0, 0.1) is 0 Å². The third-order valence-electron chi connectivity index (χ3n) is 4.88. The second-order valence-corrected chi connectivity index (χ2v) is 10.00. The highest BCUT2D eigenvalue weighted by Crippen LogP contribution is 2.24. The maximum Gasteiger partial charge on any atom is 0.191 e. The van der Waals surface area contributed by atoms with Gasteiger partial charge in [-0.05, 0) is 51.7 Å². The maximum atomic E-state index is 12.2. The Morgan fingerprint density at radius 2 is 2.23 bits per heavy atom. The van der Waals surface area contributed by atoms with Gasteiger partial charge in [-0.15, -0.1) is 11.3 Å². The molecule has 1 aromatic rings. The lowest BCUT2D eigenvalue weighted by Gasteiger charge is -2.30. The smallest absolute Gasteiger partial charge is 0.191 e. The summed E-state index contributed by atoms with van der Waals surface area (Å²) in [4.78, 5) is 8.42. The molecule has 4 atom stereocenters. The normalized spacial score (nSPS) is 23.7. The van der Waals surface area contributed by atoms with Crippen molar-refractivity contribution in [1.82, 2.24) is 15.5 Å². The Balaban J connectivity index is 2.00. The first-order chi connectivity index (χ1) is 12.5. The Morgan fingerprint density at radius 3 is 2.85 bits per heavy atom. The monoisotopic (exact) mass is 398 g/mol. The van der Waals surface area contributed by atoms with Crippen molar-refractivity contribution >= 4 is 28.1 Å². The lowest BCUT2D eigenvalue weighted by atomic mass is 9.95. The molecule has 1 saturated carbocycles. The lowest BCUT2D eigenvalue weighted by molar-refractivity contribution is 0.310. The van der Waals surface area contributed by atoms with Crippen LogP contribution < -0.4 is 10.6 Å². The highest BCUT2D eigenvalue weighted by Gasteiger charge is 2.26. The first-order valence-electron chi connectivity index (χ1n) is 9.67. The Labute approximate surface area is 165 Å². The van der Waals surface area contributed by atoms with Crippen LogP contribution in [0.15, 0.2) is 22.5 Å². The van der Waals surface area contributed by atoms with E-state index < -0.39 is 10.8 Å². The number of guanidine groups is 1. The third-order valence-corrected chi connectivity index (χ3v) is 7.60. The number of hydrogen-bond donors (Lipinski definition) is 2. The van der Waals surface area contributed by atoms with Crippen LogP contribution in [0.1, 0.15) is 50.4 Å². The van der Waals surface area contributed by atoms with Crippen LogP contribution in [0.4, 0.5) is 0 Å². The van der Waals surface area contributed by atoms with Crippen LogP contribution in [-0.2, 0) is 10.8 Å². The molecule has 0 saturated heterocycles. The fourth-order valence-corrected chi connectivity index (χ4v) is 5.69. The van der Waals surface area contributed by atoms with Crippen LogP contribution in [0.3, 0.4) is 0 Å². The molecule has 0 aliphatic heterocycles. The average molecular weight is 399 g/mol. The third kappa shape index (κ3) is 6.35. The standard InChI is InChI=1S/C19H34N4OS2/c1-5-20-19(21-14-17(23(3)4)18-11-8-12-25-18)22-15-9-7-10-16(13-15)26(24)6-2/h8,11-12,15-17H,5-7,9-10,13-14H2,1-4H3,(H2,20,21,22). The highest BCUT2D eigenvalue weighted by molar-refractivity contribution is 7.85. The second kappa shape index (κ2) is 11.0. The van der Waals surface area contributed by atoms with Gasteiger partial charge in [0.2, 0.25) is 0 Å². The summed E-state index contributed by atoms with van der Waals surface area (Å²) in [5.74, 6) is 1.64. The molecule has 2 rings (SSSR count). The van der Waals surface area contributed by atoms with Crippen LogP contribution in [-0.4, -0.2) is 59.3 Å². The Bertz CT molecular complexity index is 574. The Kier molecular flexibility index (Phi) is 9.08. The van der Waals surface area contributed by atoms with Crippen molar-refractivity contribution in [3.05, 3.63) is 22.4 Å². The molecule has 0 amide bonds. The molecule has 5 nitrogen and oxygen atoms in total. The zero-order chi connectivity index (χ0) is 18.9. The van der Waals surface area contributed by atoms with Crippen molar-refractivity contribution in [2.24, 2.45) is 4.99 Å². The molecule has 0 bridgehead atoms. The van der Waals surface area contributed by atoms with Crippen molar-refractivity contribution in [2.75, 3.05) is 32.9 Å². The van der Waals surface area contributed by atoms with Crippen molar-refractivity contribution in [3.63, 3.8) is 0 Å². The summed E-state index contributed by atoms with van der Waals surface area (Å²) in [6.45, 7) is 5.68. The van der Waals surface area contributed by atoms with E-state index in [2.05, 4.69) is 54.1 Å². The van der Waals surface area contributed by atoms with E-state index in [0.717, 1.165) is 50.5 Å². The molecule has 1 fully saturated rings. The minimum Gasteiger partial charge on any atom is -0.357 e. The quantitative estimate of drug-likeness (QED) is 0.522. The summed E-state index contributed by atoms with van der Waals surface area (Å²) >= 11 is 1.78. The number of aliphatic imine (C=N–C) groups is 1. The zero-order valence-corrected chi connectivity index (χ0v) is 18.2. The molecule has 26 heavy (non-hydrogen) atoms. The van der Waals surface area contributed by atoms with Gasteiger partial charge in [-0.2, -0.15) is 0 Å². The molecular weight excluding hydrogens is 364 g/mol. The van der Waals surface area contributed by atoms with Gasteiger partial charge >= 0.3 is 0 Å². The molecule has 7 heteroatoms. The van der Waals surface area contributed by atoms with E-state index in [-0.39, 0.29) is 6.04 Å². The molecule has 1 aromatic heterocycles. The Hall–Kier alpha value is -0.920. The van der Waals surface area contributed by atoms with Gasteiger partial charge in [0, 0.05) is 39.3 Å². The number of hydrogen-bond acceptors (Lipinski definition) is 4. The van der Waals surface area contributed by atoms with Gasteiger partial charge in [-0.3, -0.25) is 9.20 Å². The van der Waals surface area contributed by atoms with Crippen molar-refractivity contribution in [1.29, 1.82) is 0 Å². The zero-order valence-electron chi connectivity index (χ0n) is 16.5. The van der Waals surface area contributed by atoms with Gasteiger partial charge in [0.15, 0.2) is 5.96 Å². The SMILES string of the molecule is CCNC(=NCC(c1cccs1)N(C)C)NC1CCCC(S(=O)CC)C1. The fraction of sp³-hybridized carbons (Fsp3) is 0.737. The molecule has 148 valence electrons. The van der Waals surface area contributed by atoms with E-state index in [1.54, 1.807) is 11.3 Å². The number of thiophene rings is 1. The predicted molar refractivity (Wildman–Crippen MR) is 115 cm³/mol. The van der Waals surface area contributed by atoms with Crippen LogP contribution >= 0.6 is 11.3 Å². The second-order valence-electron chi connectivity index (χ2n) is 7.01. The maximum absolute atomic E-state index is 12.2. The van der Waals surface area contributed by atoms with Gasteiger partial charge in [0.25, 0.3) is 0 Å². The molecule has 0 radical (unpaired) electrons. The molecule has 1 heterocycles. The van der Waals surface area contributed by atoms with Crippen LogP contribution in [0.5, 0.6) is 0 Å². The first kappa shape index (κ1) is 21.4. The predicted octanol–water partition coefficient (Wildman–Crippen LogP) is 2.99. The number of likely N-dealkylation sites (N-methyl/N-ethyl adjacent to an activating group) is 1. The van der Waals surface area contributed by atoms with E-state index in [0.29, 0.717) is 11.3 Å². The minimum absolute atomic E-state index is 0.289. The summed E-state index contributed by atoms with van der Waals surface area (Å²) in [7, 11) is 3.51. The summed E-state index contributed by atoms with van der Waals surface area (Å²) in [5.41, 5.74) is 0. The van der Waals surface area contributed by atoms with E-state index in [9.17, 15) is 4.21 Å². The number of nitrogens with one attached hydrogen (secondary N) is 2. The summed E-state index contributed by atoms with van der Waals surface area (Å²) in [6, 6.07) is 4.93. The van der Waals surface area contributed by atoms with Crippen LogP contribution in [0.25, 0.3) is 0 Å². The summed E-state index contributed by atoms with van der Waals surface area (Å²) in [5, 5.41) is 9.42. The molecule has 0 spiro atoms. The molecule has 1 aliphatic carbocycles. The Morgan fingerprint density at radius 1 is 1.42 bits per heavy atom. The first-order valence-corrected chi connectivity index (χ1v) is 11.9. The average Bonchev–Trinajstić information content (AvgIpc) is 3.15. The van der Waals surface area contributed by atoms with E-state index in [1.807, 2.05) is 6.92 Å². The lowest BCUT2D eigenvalue weighted by Crippen LogP contribution is -2.47. The van der Waals surface area contributed by atoms with Gasteiger partial charge < -0.3 is 15.5 Å². The largest absolute Gasteiger partial charge is 0.357 e. The van der Waals surface area contributed by atoms with Crippen molar-refractivity contribution in [2.45, 2.75) is 56.9 Å². The van der Waals surface area contributed by atoms with Gasteiger partial charge in [-0.25, -0.2) is 0 Å². The number of nitrogens with zero attached hydrogens (tertiary/aromatic N) is 2. The highest BCUT2D eigenvalue weighted by atomic mass is 32.2. The van der Waals surface area contributed by atoms with Crippen molar-refractivity contribution in [3.8, 4) is 0 Å². The summed E-state index contributed by atoms with van der Waals surface area (Å²) < 4.78 is 12.2. The van der Waals surface area contributed by atoms with E-state index in [4.69, 9.17) is 4.99 Å². The topological polar surface area (TPSA) is 56.7 Å². The van der Waals surface area contributed by atoms with E-state index in [1.165, 1.54) is 4.88 Å². The summed E-state index contributed by atoms with van der Waals surface area (Å²) in [6.07, 6.45) is 4.34. The fourth-order valence-electron chi connectivity index (χ4n) is 3.43. The van der Waals surface area contributed by atoms with Gasteiger partial charge in [-0.1, -0.05) is 19.4 Å².